The molecule has 0 saturated heterocycles. The molecular weight excluding hydrogens is 626 g/mol. The van der Waals surface area contributed by atoms with Gasteiger partial charge in [-0.2, -0.15) is 0 Å². The molecule has 3 aromatic rings. The van der Waals surface area contributed by atoms with Crippen molar-refractivity contribution in [2.24, 2.45) is 17.4 Å². The van der Waals surface area contributed by atoms with Crippen LogP contribution in [0.2, 0.25) is 0 Å². The predicted molar refractivity (Wildman–Crippen MR) is 171 cm³/mol. The summed E-state index contributed by atoms with van der Waals surface area (Å²) in [6, 6.07) is 15.2. The normalized spacial score (nSPS) is 14.1. The van der Waals surface area contributed by atoms with Gasteiger partial charge in [0.25, 0.3) is 5.91 Å². The van der Waals surface area contributed by atoms with Crippen LogP contribution >= 0.6 is 0 Å². The number of benzene rings is 3. The van der Waals surface area contributed by atoms with Crippen LogP contribution in [-0.4, -0.2) is 62.4 Å². The first-order valence-electron chi connectivity index (χ1n) is 14.8. The lowest BCUT2D eigenvalue weighted by Gasteiger charge is -2.28. The van der Waals surface area contributed by atoms with Gasteiger partial charge < -0.3 is 40.6 Å². The van der Waals surface area contributed by atoms with Crippen molar-refractivity contribution < 1.29 is 47.8 Å². The van der Waals surface area contributed by atoms with Crippen LogP contribution in [0.25, 0.3) is 0 Å². The number of para-hydroxylation sites is 1. The molecule has 1 aliphatic rings. The number of anilines is 1. The van der Waals surface area contributed by atoms with Crippen LogP contribution in [0.3, 0.4) is 0 Å². The minimum atomic E-state index is -1.48. The number of aryl methyl sites for hydroxylation is 1. The Morgan fingerprint density at radius 2 is 1.67 bits per heavy atom. The van der Waals surface area contributed by atoms with Crippen LogP contribution in [0.15, 0.2) is 66.7 Å². The van der Waals surface area contributed by atoms with Crippen molar-refractivity contribution in [2.45, 2.75) is 38.3 Å². The van der Waals surface area contributed by atoms with Crippen molar-refractivity contribution in [1.29, 1.82) is 0 Å². The van der Waals surface area contributed by atoms with E-state index in [1.165, 1.54) is 6.92 Å². The minimum absolute atomic E-state index is 0.0704. The van der Waals surface area contributed by atoms with Gasteiger partial charge in [0, 0.05) is 5.69 Å². The number of esters is 1. The van der Waals surface area contributed by atoms with Gasteiger partial charge in [-0.1, -0.05) is 43.3 Å². The molecule has 0 bridgehead atoms. The second-order valence-electron chi connectivity index (χ2n) is 10.9. The smallest absolute Gasteiger partial charge is 0.332 e. The van der Waals surface area contributed by atoms with Gasteiger partial charge in [0.1, 0.15) is 11.8 Å². The Hall–Kier alpha value is -5.67. The Balaban J connectivity index is 1.52. The summed E-state index contributed by atoms with van der Waals surface area (Å²) in [5.41, 5.74) is 16.2. The first-order chi connectivity index (χ1) is 23.0. The molecule has 4 atom stereocenters. The van der Waals surface area contributed by atoms with E-state index in [0.717, 1.165) is 7.11 Å². The second-order valence-corrected chi connectivity index (χ2v) is 10.9. The van der Waals surface area contributed by atoms with E-state index in [9.17, 15) is 24.0 Å². The highest BCUT2D eigenvalue weighted by molar-refractivity contribution is 5.97. The van der Waals surface area contributed by atoms with Gasteiger partial charge in [-0.15, -0.1) is 5.48 Å². The van der Waals surface area contributed by atoms with Crippen LogP contribution in [0.4, 0.5) is 10.5 Å². The molecule has 1 heterocycles. The van der Waals surface area contributed by atoms with Gasteiger partial charge in [-0.25, -0.2) is 9.59 Å². The molecule has 0 spiro atoms. The number of hydrogen-bond donors (Lipinski definition) is 5. The summed E-state index contributed by atoms with van der Waals surface area (Å²) in [5, 5.41) is 4.72. The average molecular weight is 664 g/mol. The summed E-state index contributed by atoms with van der Waals surface area (Å²) >= 11 is 0. The number of rotatable bonds is 14. The lowest BCUT2D eigenvalue weighted by Crippen LogP contribution is -2.57. The third-order valence-electron chi connectivity index (χ3n) is 7.56. The number of amides is 4. The Morgan fingerprint density at radius 3 is 2.35 bits per heavy atom. The summed E-state index contributed by atoms with van der Waals surface area (Å²) in [5.74, 6) is -3.84. The zero-order valence-corrected chi connectivity index (χ0v) is 26.5. The maximum Gasteiger partial charge on any atom is 0.332 e. The number of urea groups is 1. The lowest BCUT2D eigenvalue weighted by molar-refractivity contribution is -0.160. The average Bonchev–Trinajstić information content (AvgIpc) is 3.55. The Kier molecular flexibility index (Phi) is 11.9. The number of carbonyl (C=O) groups excluding carboxylic acids is 5. The van der Waals surface area contributed by atoms with E-state index in [1.807, 2.05) is 0 Å². The number of carbonyl (C=O) groups is 5. The molecule has 3 unspecified atom stereocenters. The highest BCUT2D eigenvalue weighted by Gasteiger charge is 2.37. The molecule has 0 fully saturated rings. The molecule has 15 heteroatoms. The molecule has 0 saturated carbocycles. The molecule has 3 aromatic carbocycles. The fraction of sp³-hybridized carbons (Fsp3) is 0.303. The quantitative estimate of drug-likeness (QED) is 0.123. The molecule has 1 aliphatic heterocycles. The van der Waals surface area contributed by atoms with Crippen molar-refractivity contribution in [2.75, 3.05) is 25.8 Å². The number of primary amides is 1. The summed E-state index contributed by atoms with van der Waals surface area (Å²) in [6.45, 7) is 2.75. The maximum absolute atomic E-state index is 13.8. The van der Waals surface area contributed by atoms with E-state index in [2.05, 4.69) is 16.1 Å². The van der Waals surface area contributed by atoms with E-state index >= 15 is 0 Å². The zero-order chi connectivity index (χ0) is 34.8. The van der Waals surface area contributed by atoms with Gasteiger partial charge in [0.15, 0.2) is 18.1 Å². The zero-order valence-electron chi connectivity index (χ0n) is 26.5. The summed E-state index contributed by atoms with van der Waals surface area (Å²) in [4.78, 5) is 68.6. The van der Waals surface area contributed by atoms with Gasteiger partial charge in [0.2, 0.25) is 12.7 Å². The largest absolute Gasteiger partial charge is 0.484 e. The van der Waals surface area contributed by atoms with Crippen molar-refractivity contribution in [1.82, 2.24) is 10.8 Å². The molecule has 0 aliphatic carbocycles. The van der Waals surface area contributed by atoms with Gasteiger partial charge in [-0.3, -0.25) is 19.7 Å². The van der Waals surface area contributed by atoms with E-state index in [4.69, 9.17) is 35.3 Å². The van der Waals surface area contributed by atoms with E-state index in [-0.39, 0.29) is 13.2 Å². The number of imide groups is 1. The molecule has 4 amide bonds. The maximum atomic E-state index is 13.8. The van der Waals surface area contributed by atoms with Crippen molar-refractivity contribution >= 4 is 35.5 Å². The van der Waals surface area contributed by atoms with Crippen LogP contribution in [0.1, 0.15) is 29.5 Å². The molecule has 15 nitrogen and oxygen atoms in total. The summed E-state index contributed by atoms with van der Waals surface area (Å²) in [7, 11) is 1.11. The third-order valence-corrected chi connectivity index (χ3v) is 7.56. The standard InChI is InChI=1S/C33H37N5O10/c1-18-13-21(10-11-24(18)36-33(35)43)23(14-20-9-12-25-26(15-20)47-17-46-25)31(41)48-38-29(28(34)32(42)44-3)19(2)30(40)37-27(39)16-45-22-7-5-4-6-8-22/h4-13,15,19,23,28-29,38H,14,16-17,34H2,1-3H3,(H3,35,36,43)(H,37,39,40)/t19?,23?,28-,29?/m0/s1. The number of nitrogens with one attached hydrogen (secondary N) is 3. The Bertz CT molecular complexity index is 1650. The predicted octanol–water partition coefficient (Wildman–Crippen LogP) is 1.82. The molecule has 0 aromatic heterocycles. The lowest BCUT2D eigenvalue weighted by atomic mass is 9.90. The number of nitrogens with two attached hydrogens (primary N) is 2. The van der Waals surface area contributed by atoms with E-state index in [1.54, 1.807) is 73.7 Å². The van der Waals surface area contributed by atoms with Crippen LogP contribution < -0.4 is 41.8 Å². The van der Waals surface area contributed by atoms with Crippen molar-refractivity contribution in [3.63, 3.8) is 0 Å². The third kappa shape index (κ3) is 9.20. The number of ether oxygens (including phenoxy) is 4. The van der Waals surface area contributed by atoms with Crippen molar-refractivity contribution in [3.05, 3.63) is 83.4 Å². The van der Waals surface area contributed by atoms with Gasteiger partial charge >= 0.3 is 18.0 Å². The number of methoxy groups -OCH3 is 1. The number of hydrogen-bond acceptors (Lipinski definition) is 12. The first-order valence-corrected chi connectivity index (χ1v) is 14.8. The molecule has 254 valence electrons. The first kappa shape index (κ1) is 35.2. The topological polar surface area (TPSA) is 220 Å². The molecule has 0 radical (unpaired) electrons. The fourth-order valence-corrected chi connectivity index (χ4v) is 4.90. The highest BCUT2D eigenvalue weighted by atomic mass is 16.7. The Labute approximate surface area is 276 Å². The van der Waals surface area contributed by atoms with Gasteiger partial charge in [0.05, 0.1) is 25.0 Å². The molecular formula is C33H37N5O10. The molecule has 48 heavy (non-hydrogen) atoms. The van der Waals surface area contributed by atoms with Crippen molar-refractivity contribution in [3.8, 4) is 17.2 Å². The van der Waals surface area contributed by atoms with Gasteiger partial charge in [-0.05, 0) is 60.4 Å². The van der Waals surface area contributed by atoms with Crippen LogP contribution in [0.5, 0.6) is 17.2 Å². The summed E-state index contributed by atoms with van der Waals surface area (Å²) < 4.78 is 21.0. The number of hydroxylamine groups is 1. The highest BCUT2D eigenvalue weighted by Crippen LogP contribution is 2.35. The fourth-order valence-electron chi connectivity index (χ4n) is 4.90. The number of fused-ring (bicyclic) bond motifs is 1. The van der Waals surface area contributed by atoms with Crippen LogP contribution in [0, 0.1) is 12.8 Å². The molecule has 7 N–H and O–H groups in total. The monoisotopic (exact) mass is 663 g/mol. The summed E-state index contributed by atoms with van der Waals surface area (Å²) in [6.07, 6.45) is 0.138. The van der Waals surface area contributed by atoms with E-state index in [0.29, 0.717) is 39.6 Å². The minimum Gasteiger partial charge on any atom is -0.484 e. The van der Waals surface area contributed by atoms with Crippen LogP contribution in [-0.2, 0) is 35.2 Å². The second kappa shape index (κ2) is 16.2. The SMILES string of the molecule is COC(=O)[C@@H](N)C(NOC(=O)C(Cc1ccc2c(c1)OCO2)c1ccc(NC(N)=O)c(C)c1)C(C)C(=O)NC(=O)COc1ccccc1. The Morgan fingerprint density at radius 1 is 0.938 bits per heavy atom. The van der Waals surface area contributed by atoms with E-state index < -0.39 is 60.3 Å². The molecule has 4 rings (SSSR count).